The van der Waals surface area contributed by atoms with E-state index in [1.807, 2.05) is 13.0 Å². The molecule has 0 spiro atoms. The Kier molecular flexibility index (Phi) is 5.36. The Hall–Kier alpha value is -3.09. The number of nitrogens with two attached hydrogens (primary N) is 1. The predicted molar refractivity (Wildman–Crippen MR) is 94.6 cm³/mol. The number of pyridine rings is 1. The molecule has 0 atom stereocenters. The first-order chi connectivity index (χ1) is 12.6. The highest BCUT2D eigenvalue weighted by atomic mass is 19.2. The van der Waals surface area contributed by atoms with Gasteiger partial charge in [-0.1, -0.05) is 13.0 Å². The smallest absolute Gasteiger partial charge is 0.221 e. The van der Waals surface area contributed by atoms with E-state index in [0.717, 1.165) is 29.8 Å². The largest absolute Gasteiger partial charge is 0.477 e. The first-order valence-corrected chi connectivity index (χ1v) is 8.21. The van der Waals surface area contributed by atoms with Gasteiger partial charge in [-0.3, -0.25) is 0 Å². The fourth-order valence-corrected chi connectivity index (χ4v) is 2.50. The molecule has 2 N–H and O–H groups in total. The highest BCUT2D eigenvalue weighted by Crippen LogP contribution is 2.30. The van der Waals surface area contributed by atoms with Crippen molar-refractivity contribution in [1.29, 1.82) is 0 Å². The molecule has 26 heavy (non-hydrogen) atoms. The lowest BCUT2D eigenvalue weighted by Crippen LogP contribution is -2.03. The third kappa shape index (κ3) is 4.11. The summed E-state index contributed by atoms with van der Waals surface area (Å²) in [7, 11) is 0. The maximum atomic E-state index is 13.7. The van der Waals surface area contributed by atoms with Crippen LogP contribution in [0.15, 0.2) is 42.7 Å². The number of rotatable bonds is 6. The van der Waals surface area contributed by atoms with Gasteiger partial charge in [0.15, 0.2) is 11.6 Å². The zero-order chi connectivity index (χ0) is 18.5. The van der Waals surface area contributed by atoms with Gasteiger partial charge in [0.2, 0.25) is 11.8 Å². The quantitative estimate of drug-likeness (QED) is 0.728. The second-order valence-corrected chi connectivity index (χ2v) is 5.76. The van der Waals surface area contributed by atoms with Crippen LogP contribution in [0.4, 0.5) is 14.7 Å². The molecule has 0 saturated carbocycles. The number of hydrogen-bond donors (Lipinski definition) is 1. The van der Waals surface area contributed by atoms with Crippen LogP contribution < -0.4 is 10.5 Å². The Bertz CT molecular complexity index is 918. The summed E-state index contributed by atoms with van der Waals surface area (Å²) >= 11 is 0. The number of nitrogens with zero attached hydrogens (tertiary/aromatic N) is 3. The van der Waals surface area contributed by atoms with Crippen LogP contribution in [0.5, 0.6) is 5.88 Å². The van der Waals surface area contributed by atoms with Crippen molar-refractivity contribution in [2.45, 2.75) is 19.8 Å². The van der Waals surface area contributed by atoms with Crippen molar-refractivity contribution < 1.29 is 13.5 Å². The average molecular weight is 356 g/mol. The van der Waals surface area contributed by atoms with E-state index < -0.39 is 11.6 Å². The van der Waals surface area contributed by atoms with E-state index in [-0.39, 0.29) is 5.95 Å². The molecule has 7 heteroatoms. The lowest BCUT2D eigenvalue weighted by Gasteiger charge is -2.12. The number of aromatic nitrogens is 3. The van der Waals surface area contributed by atoms with Crippen LogP contribution in [0.2, 0.25) is 0 Å². The van der Waals surface area contributed by atoms with E-state index in [2.05, 4.69) is 15.0 Å². The molecule has 3 aromatic rings. The van der Waals surface area contributed by atoms with E-state index in [0.29, 0.717) is 30.0 Å². The summed E-state index contributed by atoms with van der Waals surface area (Å²) in [6.45, 7) is 2.45. The number of anilines is 1. The highest BCUT2D eigenvalue weighted by Gasteiger charge is 2.13. The van der Waals surface area contributed by atoms with Crippen LogP contribution in [0.3, 0.4) is 0 Å². The second-order valence-electron chi connectivity index (χ2n) is 5.76. The van der Waals surface area contributed by atoms with Gasteiger partial charge in [-0.2, -0.15) is 0 Å². The van der Waals surface area contributed by atoms with Crippen LogP contribution in [0.1, 0.15) is 24.6 Å². The minimum Gasteiger partial charge on any atom is -0.477 e. The molecule has 2 aromatic heterocycles. The summed E-state index contributed by atoms with van der Waals surface area (Å²) in [4.78, 5) is 12.4. The summed E-state index contributed by atoms with van der Waals surface area (Å²) < 4.78 is 32.6. The van der Waals surface area contributed by atoms with E-state index in [4.69, 9.17) is 10.5 Å². The number of hydrogen-bond acceptors (Lipinski definition) is 5. The van der Waals surface area contributed by atoms with Gasteiger partial charge in [-0.15, -0.1) is 0 Å². The fraction of sp³-hybridized carbons (Fsp3) is 0.211. The van der Waals surface area contributed by atoms with E-state index in [1.54, 1.807) is 18.5 Å². The third-order valence-electron chi connectivity index (χ3n) is 3.70. The molecule has 0 bridgehead atoms. The van der Waals surface area contributed by atoms with Crippen LogP contribution in [0.25, 0.3) is 11.1 Å². The van der Waals surface area contributed by atoms with Crippen molar-refractivity contribution >= 4 is 5.95 Å². The monoisotopic (exact) mass is 356 g/mol. The van der Waals surface area contributed by atoms with Crippen molar-refractivity contribution in [3.8, 4) is 17.0 Å². The molecule has 0 fully saturated rings. The van der Waals surface area contributed by atoms with Gasteiger partial charge in [-0.25, -0.2) is 23.7 Å². The minimum atomic E-state index is -0.919. The summed E-state index contributed by atoms with van der Waals surface area (Å²) in [6.07, 6.45) is 4.54. The van der Waals surface area contributed by atoms with Crippen LogP contribution in [-0.2, 0) is 6.42 Å². The van der Waals surface area contributed by atoms with Crippen molar-refractivity contribution in [3.63, 3.8) is 0 Å². The summed E-state index contributed by atoms with van der Waals surface area (Å²) in [6, 6.07) is 7.32. The minimum absolute atomic E-state index is 0.194. The molecule has 0 aliphatic carbocycles. The first-order valence-electron chi connectivity index (χ1n) is 8.21. The molecule has 0 aliphatic rings. The molecule has 5 nitrogen and oxygen atoms in total. The van der Waals surface area contributed by atoms with Crippen LogP contribution >= 0.6 is 0 Å². The molecule has 0 aliphatic heterocycles. The van der Waals surface area contributed by atoms with Crippen LogP contribution in [-0.4, -0.2) is 21.6 Å². The fourth-order valence-electron chi connectivity index (χ4n) is 2.50. The molecular weight excluding hydrogens is 338 g/mol. The third-order valence-corrected chi connectivity index (χ3v) is 3.70. The van der Waals surface area contributed by atoms with E-state index >= 15 is 0 Å². The standard InChI is InChI=1S/C19H18F2N4O/c1-2-7-26-18-15(13-3-4-16(20)17(21)10-13)9-12(11-24-18)8-14-5-6-23-19(22)25-14/h3-6,9-11H,2,7-8H2,1H3,(H2,22,23,25). The number of benzene rings is 1. The van der Waals surface area contributed by atoms with Gasteiger partial charge in [0, 0.05) is 24.4 Å². The zero-order valence-electron chi connectivity index (χ0n) is 14.2. The van der Waals surface area contributed by atoms with Gasteiger partial charge in [-0.05, 0) is 41.8 Å². The summed E-state index contributed by atoms with van der Waals surface area (Å²) in [5.41, 5.74) is 8.27. The van der Waals surface area contributed by atoms with Crippen molar-refractivity contribution in [2.24, 2.45) is 0 Å². The molecular formula is C19H18F2N4O. The van der Waals surface area contributed by atoms with Crippen LogP contribution in [0, 0.1) is 11.6 Å². The maximum Gasteiger partial charge on any atom is 0.221 e. The lowest BCUT2D eigenvalue weighted by atomic mass is 10.0. The Morgan fingerprint density at radius 3 is 2.65 bits per heavy atom. The maximum absolute atomic E-state index is 13.7. The lowest BCUT2D eigenvalue weighted by molar-refractivity contribution is 0.306. The number of ether oxygens (including phenoxy) is 1. The normalized spacial score (nSPS) is 10.7. The molecule has 0 unspecified atom stereocenters. The van der Waals surface area contributed by atoms with Gasteiger partial charge in [0.25, 0.3) is 0 Å². The molecule has 2 heterocycles. The topological polar surface area (TPSA) is 73.9 Å². The SMILES string of the molecule is CCCOc1ncc(Cc2ccnc(N)n2)cc1-c1ccc(F)c(F)c1. The molecule has 134 valence electrons. The van der Waals surface area contributed by atoms with Crippen molar-refractivity contribution in [2.75, 3.05) is 12.3 Å². The second kappa shape index (κ2) is 7.86. The Balaban J connectivity index is 1.99. The average Bonchev–Trinajstić information content (AvgIpc) is 2.63. The number of halogens is 2. The van der Waals surface area contributed by atoms with E-state index in [9.17, 15) is 8.78 Å². The Labute approximate surface area is 149 Å². The molecule has 3 rings (SSSR count). The molecule has 0 amide bonds. The predicted octanol–water partition coefficient (Wildman–Crippen LogP) is 3.78. The Morgan fingerprint density at radius 1 is 1.08 bits per heavy atom. The molecule has 1 aromatic carbocycles. The summed E-state index contributed by atoms with van der Waals surface area (Å²) in [5.74, 6) is -1.24. The van der Waals surface area contributed by atoms with E-state index in [1.165, 1.54) is 6.07 Å². The molecule has 0 saturated heterocycles. The molecule has 0 radical (unpaired) electrons. The Morgan fingerprint density at radius 2 is 1.92 bits per heavy atom. The van der Waals surface area contributed by atoms with Gasteiger partial charge in [0.05, 0.1) is 12.3 Å². The first kappa shape index (κ1) is 17.7. The zero-order valence-corrected chi connectivity index (χ0v) is 14.2. The number of nitrogen functional groups attached to an aromatic ring is 1. The van der Waals surface area contributed by atoms with Gasteiger partial charge in [0.1, 0.15) is 0 Å². The van der Waals surface area contributed by atoms with Gasteiger partial charge >= 0.3 is 0 Å². The van der Waals surface area contributed by atoms with Crippen molar-refractivity contribution in [3.05, 3.63) is 65.6 Å². The van der Waals surface area contributed by atoms with Gasteiger partial charge < -0.3 is 10.5 Å². The highest BCUT2D eigenvalue weighted by molar-refractivity contribution is 5.69. The van der Waals surface area contributed by atoms with Crippen molar-refractivity contribution in [1.82, 2.24) is 15.0 Å². The summed E-state index contributed by atoms with van der Waals surface area (Å²) in [5, 5.41) is 0.